The topological polar surface area (TPSA) is 71.7 Å². The molecule has 1 saturated heterocycles. The zero-order valence-corrected chi connectivity index (χ0v) is 19.4. The van der Waals surface area contributed by atoms with Gasteiger partial charge in [-0.3, -0.25) is 9.69 Å². The maximum Gasteiger partial charge on any atom is 0.248 e. The van der Waals surface area contributed by atoms with Gasteiger partial charge in [0.05, 0.1) is 6.61 Å². The third-order valence-electron chi connectivity index (χ3n) is 5.70. The number of ether oxygens (including phenoxy) is 1. The predicted molar refractivity (Wildman–Crippen MR) is 126 cm³/mol. The Morgan fingerprint density at radius 1 is 1.03 bits per heavy atom. The molecular weight excluding hydrogens is 416 g/mol. The van der Waals surface area contributed by atoms with Crippen molar-refractivity contribution in [2.45, 2.75) is 33.4 Å². The lowest BCUT2D eigenvalue weighted by Crippen LogP contribution is -2.49. The largest absolute Gasteiger partial charge is 0.367 e. The van der Waals surface area contributed by atoms with Crippen LogP contribution in [0.3, 0.4) is 0 Å². The molecule has 174 valence electrons. The van der Waals surface area contributed by atoms with E-state index in [9.17, 15) is 4.79 Å². The average Bonchev–Trinajstić information content (AvgIpc) is 3.28. The smallest absolute Gasteiger partial charge is 0.248 e. The van der Waals surface area contributed by atoms with Crippen LogP contribution in [0.1, 0.15) is 30.9 Å². The summed E-state index contributed by atoms with van der Waals surface area (Å²) in [5.74, 6) is 1.85. The highest BCUT2D eigenvalue weighted by molar-refractivity contribution is 5.77. The number of rotatable bonds is 9. The highest BCUT2D eigenvalue weighted by atomic mass is 16.5. The Morgan fingerprint density at radius 2 is 1.79 bits per heavy atom. The van der Waals surface area contributed by atoms with Gasteiger partial charge in [-0.1, -0.05) is 67.5 Å². The van der Waals surface area contributed by atoms with Gasteiger partial charge in [-0.05, 0) is 23.1 Å². The summed E-state index contributed by atoms with van der Waals surface area (Å²) in [7, 11) is 0. The quantitative estimate of drug-likeness (QED) is 0.496. The van der Waals surface area contributed by atoms with Crippen molar-refractivity contribution in [2.75, 3.05) is 32.8 Å². The van der Waals surface area contributed by atoms with Crippen molar-refractivity contribution in [2.24, 2.45) is 5.92 Å². The molecule has 0 spiro atoms. The predicted octanol–water partition coefficient (Wildman–Crippen LogP) is 3.80. The number of benzene rings is 2. The van der Waals surface area contributed by atoms with E-state index in [0.29, 0.717) is 24.2 Å². The number of hydrogen-bond donors (Lipinski definition) is 0. The van der Waals surface area contributed by atoms with Crippen molar-refractivity contribution in [1.29, 1.82) is 0 Å². The second kappa shape index (κ2) is 11.2. The Balaban J connectivity index is 1.24. The van der Waals surface area contributed by atoms with Crippen LogP contribution in [-0.4, -0.2) is 58.6 Å². The van der Waals surface area contributed by atoms with E-state index in [4.69, 9.17) is 9.26 Å². The fourth-order valence-electron chi connectivity index (χ4n) is 3.95. The second-order valence-electron chi connectivity index (χ2n) is 8.95. The molecule has 1 aliphatic heterocycles. The van der Waals surface area contributed by atoms with Crippen LogP contribution >= 0.6 is 0 Å². The molecule has 0 radical (unpaired) electrons. The molecule has 2 heterocycles. The molecule has 3 aromatic rings. The van der Waals surface area contributed by atoms with Gasteiger partial charge in [0.25, 0.3) is 0 Å². The fourth-order valence-corrected chi connectivity index (χ4v) is 3.95. The van der Waals surface area contributed by atoms with Gasteiger partial charge in [0.1, 0.15) is 6.61 Å². The molecule has 0 aliphatic carbocycles. The monoisotopic (exact) mass is 448 g/mol. The van der Waals surface area contributed by atoms with Crippen LogP contribution in [0.5, 0.6) is 0 Å². The standard InChI is InChI=1S/C26H32N4O3/c1-20(2)15-24-27-26(28-33-24)23-10-6-9-22(16-23)17-29-11-13-30(14-12-29)25(31)19-32-18-21-7-4-3-5-8-21/h3-10,16,20H,11-15,17-19H2,1-2H3. The number of carbonyl (C=O) groups excluding carboxylic acids is 1. The molecule has 0 bridgehead atoms. The van der Waals surface area contributed by atoms with Gasteiger partial charge in [-0.2, -0.15) is 4.98 Å². The van der Waals surface area contributed by atoms with Gasteiger partial charge in [0.2, 0.25) is 17.6 Å². The number of hydrogen-bond acceptors (Lipinski definition) is 6. The van der Waals surface area contributed by atoms with Gasteiger partial charge in [-0.15, -0.1) is 0 Å². The lowest BCUT2D eigenvalue weighted by atomic mass is 10.1. The molecule has 0 saturated carbocycles. The van der Waals surface area contributed by atoms with E-state index in [-0.39, 0.29) is 12.5 Å². The zero-order chi connectivity index (χ0) is 23.0. The van der Waals surface area contributed by atoms with E-state index in [2.05, 4.69) is 41.0 Å². The molecule has 7 nitrogen and oxygen atoms in total. The Kier molecular flexibility index (Phi) is 7.86. The minimum atomic E-state index is 0.0573. The normalized spacial score (nSPS) is 14.7. The van der Waals surface area contributed by atoms with E-state index >= 15 is 0 Å². The molecule has 0 unspecified atom stereocenters. The molecule has 1 amide bonds. The molecule has 33 heavy (non-hydrogen) atoms. The number of aromatic nitrogens is 2. The van der Waals surface area contributed by atoms with Crippen LogP contribution in [0.25, 0.3) is 11.4 Å². The van der Waals surface area contributed by atoms with Crippen molar-refractivity contribution in [3.63, 3.8) is 0 Å². The summed E-state index contributed by atoms with van der Waals surface area (Å²) in [5, 5.41) is 4.14. The van der Waals surface area contributed by atoms with Crippen LogP contribution in [-0.2, 0) is 29.1 Å². The molecule has 0 N–H and O–H groups in total. The number of amides is 1. The molecular formula is C26H32N4O3. The van der Waals surface area contributed by atoms with E-state index in [1.54, 1.807) is 0 Å². The lowest BCUT2D eigenvalue weighted by Gasteiger charge is -2.34. The first-order valence-electron chi connectivity index (χ1n) is 11.6. The highest BCUT2D eigenvalue weighted by Gasteiger charge is 2.21. The van der Waals surface area contributed by atoms with Crippen molar-refractivity contribution >= 4 is 5.91 Å². The second-order valence-corrected chi connectivity index (χ2v) is 8.95. The summed E-state index contributed by atoms with van der Waals surface area (Å²) < 4.78 is 11.0. The summed E-state index contributed by atoms with van der Waals surface area (Å²) in [4.78, 5) is 21.3. The van der Waals surface area contributed by atoms with Gasteiger partial charge >= 0.3 is 0 Å². The highest BCUT2D eigenvalue weighted by Crippen LogP contribution is 2.20. The SMILES string of the molecule is CC(C)Cc1nc(-c2cccc(CN3CCN(C(=O)COCc4ccccc4)CC3)c2)no1. The van der Waals surface area contributed by atoms with Crippen LogP contribution in [0.15, 0.2) is 59.1 Å². The van der Waals surface area contributed by atoms with E-state index in [1.807, 2.05) is 47.4 Å². The number of nitrogens with zero attached hydrogens (tertiary/aromatic N) is 4. The van der Waals surface area contributed by atoms with Crippen molar-refractivity contribution in [1.82, 2.24) is 19.9 Å². The Labute approximate surface area is 195 Å². The molecule has 7 heteroatoms. The molecule has 0 atom stereocenters. The minimum absolute atomic E-state index is 0.0573. The molecule has 1 aliphatic rings. The molecule has 2 aromatic carbocycles. The third-order valence-corrected chi connectivity index (χ3v) is 5.70. The molecule has 1 fully saturated rings. The summed E-state index contributed by atoms with van der Waals surface area (Å²) >= 11 is 0. The van der Waals surface area contributed by atoms with Gasteiger partial charge < -0.3 is 14.2 Å². The first kappa shape index (κ1) is 23.1. The number of carbonyl (C=O) groups is 1. The number of piperazine rings is 1. The average molecular weight is 449 g/mol. The Hall–Kier alpha value is -3.03. The van der Waals surface area contributed by atoms with Gasteiger partial charge in [0.15, 0.2) is 0 Å². The summed E-state index contributed by atoms with van der Waals surface area (Å²) in [6.07, 6.45) is 0.785. The van der Waals surface area contributed by atoms with Crippen LogP contribution in [0.4, 0.5) is 0 Å². The van der Waals surface area contributed by atoms with Crippen LogP contribution in [0.2, 0.25) is 0 Å². The van der Waals surface area contributed by atoms with Gasteiger partial charge in [0, 0.05) is 44.7 Å². The zero-order valence-electron chi connectivity index (χ0n) is 19.4. The first-order valence-corrected chi connectivity index (χ1v) is 11.6. The van der Waals surface area contributed by atoms with Gasteiger partial charge in [-0.25, -0.2) is 0 Å². The van der Waals surface area contributed by atoms with Crippen molar-refractivity contribution < 1.29 is 14.1 Å². The third kappa shape index (κ3) is 6.73. The van der Waals surface area contributed by atoms with E-state index in [0.717, 1.165) is 50.3 Å². The fraction of sp³-hybridized carbons (Fsp3) is 0.423. The first-order chi connectivity index (χ1) is 16.1. The van der Waals surface area contributed by atoms with Crippen LogP contribution < -0.4 is 0 Å². The minimum Gasteiger partial charge on any atom is -0.367 e. The van der Waals surface area contributed by atoms with Crippen molar-refractivity contribution in [3.05, 3.63) is 71.6 Å². The maximum absolute atomic E-state index is 12.5. The summed E-state index contributed by atoms with van der Waals surface area (Å²) in [6, 6.07) is 18.2. The van der Waals surface area contributed by atoms with E-state index in [1.165, 1.54) is 5.56 Å². The molecule has 4 rings (SSSR count). The van der Waals surface area contributed by atoms with E-state index < -0.39 is 0 Å². The lowest BCUT2D eigenvalue weighted by molar-refractivity contribution is -0.138. The summed E-state index contributed by atoms with van der Waals surface area (Å²) in [5.41, 5.74) is 3.25. The molecule has 1 aromatic heterocycles. The van der Waals surface area contributed by atoms with Crippen molar-refractivity contribution in [3.8, 4) is 11.4 Å². The Bertz CT molecular complexity index is 1030. The summed E-state index contributed by atoms with van der Waals surface area (Å²) in [6.45, 7) is 8.81. The van der Waals surface area contributed by atoms with Crippen LogP contribution in [0, 0.1) is 5.92 Å². The Morgan fingerprint density at radius 3 is 2.55 bits per heavy atom. The maximum atomic E-state index is 12.5.